The predicted octanol–water partition coefficient (Wildman–Crippen LogP) is 2.40. The second kappa shape index (κ2) is 4.10. The fraction of sp³-hybridized carbons (Fsp3) is 0.400. The second-order valence-corrected chi connectivity index (χ2v) is 4.58. The molecule has 5 heteroatoms. The highest BCUT2D eigenvalue weighted by Gasteiger charge is 2.24. The topological polar surface area (TPSA) is 52.4 Å². The van der Waals surface area contributed by atoms with Crippen LogP contribution in [0.2, 0.25) is 0 Å². The van der Waals surface area contributed by atoms with Crippen molar-refractivity contribution < 1.29 is 9.66 Å². The van der Waals surface area contributed by atoms with E-state index in [1.807, 2.05) is 6.92 Å². The predicted molar refractivity (Wildman–Crippen MR) is 59.6 cm³/mol. The Morgan fingerprint density at radius 2 is 2.27 bits per heavy atom. The van der Waals surface area contributed by atoms with Gasteiger partial charge >= 0.3 is 5.69 Å². The van der Waals surface area contributed by atoms with Gasteiger partial charge in [0.1, 0.15) is 6.10 Å². The molecular formula is C10H11NO3S. The molecule has 0 N–H and O–H groups in total. The first kappa shape index (κ1) is 10.3. The summed E-state index contributed by atoms with van der Waals surface area (Å²) in [6.07, 6.45) is 0.135. The first-order valence-corrected chi connectivity index (χ1v) is 5.82. The standard InChI is InChI=1S/C10H11NO3S/c1-7-2-3-9(11(12)13)10(4-7)14-8-5-15-6-8/h2-4,8H,5-6H2,1H3. The van der Waals surface area contributed by atoms with Crippen molar-refractivity contribution in [3.8, 4) is 5.75 Å². The van der Waals surface area contributed by atoms with Gasteiger partial charge in [0.15, 0.2) is 5.75 Å². The minimum absolute atomic E-state index is 0.0532. The largest absolute Gasteiger partial charge is 0.482 e. The first-order valence-electron chi connectivity index (χ1n) is 4.66. The molecule has 1 aliphatic rings. The Morgan fingerprint density at radius 1 is 1.53 bits per heavy atom. The lowest BCUT2D eigenvalue weighted by Crippen LogP contribution is -2.31. The molecule has 1 aromatic rings. The molecule has 1 fully saturated rings. The number of hydrogen-bond acceptors (Lipinski definition) is 4. The van der Waals surface area contributed by atoms with Gasteiger partial charge in [0.25, 0.3) is 0 Å². The van der Waals surface area contributed by atoms with Crippen molar-refractivity contribution in [2.45, 2.75) is 13.0 Å². The molecule has 0 aromatic heterocycles. The number of benzene rings is 1. The molecule has 80 valence electrons. The average Bonchev–Trinajstić information content (AvgIpc) is 2.11. The van der Waals surface area contributed by atoms with Crippen LogP contribution in [0.5, 0.6) is 5.75 Å². The third-order valence-electron chi connectivity index (χ3n) is 2.21. The lowest BCUT2D eigenvalue weighted by molar-refractivity contribution is -0.386. The van der Waals surface area contributed by atoms with Gasteiger partial charge in [-0.05, 0) is 18.6 Å². The summed E-state index contributed by atoms with van der Waals surface area (Å²) >= 11 is 1.79. The van der Waals surface area contributed by atoms with Gasteiger partial charge in [-0.3, -0.25) is 10.1 Å². The van der Waals surface area contributed by atoms with Crippen LogP contribution in [-0.4, -0.2) is 22.5 Å². The minimum atomic E-state index is -0.402. The van der Waals surface area contributed by atoms with E-state index in [2.05, 4.69) is 0 Å². The third-order valence-corrected chi connectivity index (χ3v) is 3.43. The monoisotopic (exact) mass is 225 g/mol. The number of nitrogens with zero attached hydrogens (tertiary/aromatic N) is 1. The number of hydrogen-bond donors (Lipinski definition) is 0. The van der Waals surface area contributed by atoms with Crippen molar-refractivity contribution in [1.29, 1.82) is 0 Å². The van der Waals surface area contributed by atoms with Crippen LogP contribution in [0.3, 0.4) is 0 Å². The van der Waals surface area contributed by atoms with Gasteiger partial charge in [-0.25, -0.2) is 0 Å². The SMILES string of the molecule is Cc1ccc([N+](=O)[O-])c(OC2CSC2)c1. The minimum Gasteiger partial charge on any atom is -0.482 e. The maximum Gasteiger partial charge on any atom is 0.310 e. The summed E-state index contributed by atoms with van der Waals surface area (Å²) in [7, 11) is 0. The van der Waals surface area contributed by atoms with E-state index in [1.54, 1.807) is 23.9 Å². The quantitative estimate of drug-likeness (QED) is 0.585. The third kappa shape index (κ3) is 2.23. The molecule has 1 aliphatic heterocycles. The van der Waals surface area contributed by atoms with E-state index in [0.717, 1.165) is 17.1 Å². The van der Waals surface area contributed by atoms with Crippen LogP contribution in [0, 0.1) is 17.0 Å². The highest BCUT2D eigenvalue weighted by Crippen LogP contribution is 2.31. The summed E-state index contributed by atoms with van der Waals surface area (Å²) in [6, 6.07) is 4.94. The van der Waals surface area contributed by atoms with Crippen molar-refractivity contribution in [3.63, 3.8) is 0 Å². The van der Waals surface area contributed by atoms with E-state index in [4.69, 9.17) is 4.74 Å². The summed E-state index contributed by atoms with van der Waals surface area (Å²) in [4.78, 5) is 10.3. The number of nitro groups is 1. The smallest absolute Gasteiger partial charge is 0.310 e. The van der Waals surface area contributed by atoms with E-state index >= 15 is 0 Å². The molecule has 0 atom stereocenters. The Morgan fingerprint density at radius 3 is 2.80 bits per heavy atom. The average molecular weight is 225 g/mol. The Labute approximate surface area is 91.8 Å². The van der Waals surface area contributed by atoms with Gasteiger partial charge in [-0.1, -0.05) is 6.07 Å². The van der Waals surface area contributed by atoms with Gasteiger partial charge in [0.2, 0.25) is 0 Å². The maximum absolute atomic E-state index is 10.7. The normalized spacial score (nSPS) is 15.8. The van der Waals surface area contributed by atoms with Crippen LogP contribution in [0.25, 0.3) is 0 Å². The lowest BCUT2D eigenvalue weighted by atomic mass is 10.2. The zero-order chi connectivity index (χ0) is 10.8. The molecule has 0 aliphatic carbocycles. The Hall–Kier alpha value is -1.23. The fourth-order valence-electron chi connectivity index (χ4n) is 1.33. The summed E-state index contributed by atoms with van der Waals surface area (Å²) in [5, 5.41) is 10.7. The molecule has 2 rings (SSSR count). The van der Waals surface area contributed by atoms with E-state index in [1.165, 1.54) is 6.07 Å². The number of aryl methyl sites for hydroxylation is 1. The molecule has 1 heterocycles. The molecular weight excluding hydrogens is 214 g/mol. The van der Waals surface area contributed by atoms with Gasteiger partial charge in [-0.15, -0.1) is 0 Å². The number of rotatable bonds is 3. The maximum atomic E-state index is 10.7. The number of ether oxygens (including phenoxy) is 1. The van der Waals surface area contributed by atoms with E-state index in [0.29, 0.717) is 5.75 Å². The highest BCUT2D eigenvalue weighted by molar-refractivity contribution is 8.00. The van der Waals surface area contributed by atoms with E-state index < -0.39 is 4.92 Å². The first-order chi connectivity index (χ1) is 7.16. The number of thioether (sulfide) groups is 1. The summed E-state index contributed by atoms with van der Waals surface area (Å²) in [6.45, 7) is 1.89. The number of nitro benzene ring substituents is 1. The zero-order valence-corrected chi connectivity index (χ0v) is 9.12. The summed E-state index contributed by atoms with van der Waals surface area (Å²) in [5.41, 5.74) is 1.03. The molecule has 0 amide bonds. The van der Waals surface area contributed by atoms with E-state index in [9.17, 15) is 10.1 Å². The van der Waals surface area contributed by atoms with Gasteiger partial charge in [0, 0.05) is 17.6 Å². The lowest BCUT2D eigenvalue weighted by Gasteiger charge is -2.25. The van der Waals surface area contributed by atoms with Gasteiger partial charge < -0.3 is 4.74 Å². The molecule has 4 nitrogen and oxygen atoms in total. The van der Waals surface area contributed by atoms with E-state index in [-0.39, 0.29) is 11.8 Å². The van der Waals surface area contributed by atoms with Crippen LogP contribution in [0.4, 0.5) is 5.69 Å². The molecule has 0 radical (unpaired) electrons. The molecule has 0 spiro atoms. The van der Waals surface area contributed by atoms with Crippen molar-refractivity contribution in [2.24, 2.45) is 0 Å². The van der Waals surface area contributed by atoms with Crippen LogP contribution in [0.15, 0.2) is 18.2 Å². The molecule has 0 unspecified atom stereocenters. The highest BCUT2D eigenvalue weighted by atomic mass is 32.2. The Kier molecular flexibility index (Phi) is 2.81. The molecule has 0 bridgehead atoms. The van der Waals surface area contributed by atoms with Crippen LogP contribution >= 0.6 is 11.8 Å². The van der Waals surface area contributed by atoms with Gasteiger partial charge in [0.05, 0.1) is 4.92 Å². The van der Waals surface area contributed by atoms with Gasteiger partial charge in [-0.2, -0.15) is 11.8 Å². The van der Waals surface area contributed by atoms with Crippen molar-refractivity contribution in [2.75, 3.05) is 11.5 Å². The zero-order valence-electron chi connectivity index (χ0n) is 8.30. The second-order valence-electron chi connectivity index (χ2n) is 3.51. The van der Waals surface area contributed by atoms with Crippen molar-refractivity contribution in [1.82, 2.24) is 0 Å². The molecule has 1 aromatic carbocycles. The van der Waals surface area contributed by atoms with Crippen LogP contribution in [-0.2, 0) is 0 Å². The molecule has 15 heavy (non-hydrogen) atoms. The fourth-order valence-corrected chi connectivity index (χ4v) is 1.89. The summed E-state index contributed by atoms with van der Waals surface area (Å²) in [5.74, 6) is 2.24. The Bertz CT molecular complexity index is 390. The van der Waals surface area contributed by atoms with Crippen LogP contribution in [0.1, 0.15) is 5.56 Å². The molecule has 0 saturated carbocycles. The van der Waals surface area contributed by atoms with Crippen LogP contribution < -0.4 is 4.74 Å². The Balaban J connectivity index is 2.24. The molecule has 1 saturated heterocycles. The van der Waals surface area contributed by atoms with Crippen molar-refractivity contribution >= 4 is 17.4 Å². The summed E-state index contributed by atoms with van der Waals surface area (Å²) < 4.78 is 5.56. The van der Waals surface area contributed by atoms with Crippen molar-refractivity contribution in [3.05, 3.63) is 33.9 Å².